The predicted octanol–water partition coefficient (Wildman–Crippen LogP) is 4.78. The van der Waals surface area contributed by atoms with Gasteiger partial charge in [-0.05, 0) is 49.3 Å². The largest absolute Gasteiger partial charge is 0.356 e. The zero-order valence-electron chi connectivity index (χ0n) is 14.5. The maximum atomic E-state index is 12.1. The molecule has 3 aromatic rings. The van der Waals surface area contributed by atoms with Gasteiger partial charge in [0, 0.05) is 11.9 Å². The first kappa shape index (κ1) is 17.8. The van der Waals surface area contributed by atoms with Crippen LogP contribution in [0.5, 0.6) is 0 Å². The fourth-order valence-corrected chi connectivity index (χ4v) is 4.40. The third kappa shape index (κ3) is 5.00. The van der Waals surface area contributed by atoms with Crippen molar-refractivity contribution in [2.45, 2.75) is 33.1 Å². The van der Waals surface area contributed by atoms with Crippen molar-refractivity contribution in [3.05, 3.63) is 63.5 Å². The first-order valence-electron chi connectivity index (χ1n) is 8.43. The number of nitrogens with one attached hydrogen (secondary N) is 1. The van der Waals surface area contributed by atoms with Gasteiger partial charge in [0.05, 0.1) is 17.0 Å². The van der Waals surface area contributed by atoms with Crippen molar-refractivity contribution < 1.29 is 4.79 Å². The zero-order valence-corrected chi connectivity index (χ0v) is 16.2. The Morgan fingerprint density at radius 3 is 2.84 bits per heavy atom. The number of carbonyl (C=O) groups excluding carboxylic acids is 1. The van der Waals surface area contributed by atoms with Crippen LogP contribution < -0.4 is 5.32 Å². The minimum atomic E-state index is 0.0451. The van der Waals surface area contributed by atoms with Crippen LogP contribution in [0.4, 0.5) is 0 Å². The van der Waals surface area contributed by atoms with Gasteiger partial charge in [0.15, 0.2) is 0 Å². The first-order valence-corrected chi connectivity index (χ1v) is 10.2. The van der Waals surface area contributed by atoms with Crippen LogP contribution in [0.25, 0.3) is 9.88 Å². The van der Waals surface area contributed by atoms with Crippen LogP contribution in [0, 0.1) is 13.8 Å². The Morgan fingerprint density at radius 2 is 2.08 bits per heavy atom. The number of hydrogen-bond donors (Lipinski definition) is 1. The van der Waals surface area contributed by atoms with E-state index >= 15 is 0 Å². The molecule has 5 heteroatoms. The zero-order chi connectivity index (χ0) is 17.6. The molecule has 3 nitrogen and oxygen atoms in total. The molecule has 0 saturated carbocycles. The molecule has 0 fully saturated rings. The summed E-state index contributed by atoms with van der Waals surface area (Å²) in [4.78, 5) is 17.8. The third-order valence-electron chi connectivity index (χ3n) is 4.07. The van der Waals surface area contributed by atoms with Crippen LogP contribution in [0.15, 0.2) is 41.1 Å². The van der Waals surface area contributed by atoms with Gasteiger partial charge < -0.3 is 5.32 Å². The molecule has 0 aliphatic heterocycles. The second-order valence-electron chi connectivity index (χ2n) is 6.18. The number of thiazole rings is 1. The molecule has 3 rings (SSSR count). The van der Waals surface area contributed by atoms with E-state index in [1.54, 1.807) is 22.7 Å². The highest BCUT2D eigenvalue weighted by molar-refractivity contribution is 7.20. The number of thiophene rings is 1. The van der Waals surface area contributed by atoms with Crippen molar-refractivity contribution in [2.75, 3.05) is 6.54 Å². The lowest BCUT2D eigenvalue weighted by molar-refractivity contribution is -0.120. The average molecular weight is 371 g/mol. The van der Waals surface area contributed by atoms with Crippen molar-refractivity contribution in [1.29, 1.82) is 0 Å². The molecular weight excluding hydrogens is 348 g/mol. The minimum Gasteiger partial charge on any atom is -0.356 e. The first-order chi connectivity index (χ1) is 12.1. The maximum Gasteiger partial charge on any atom is 0.226 e. The summed E-state index contributed by atoms with van der Waals surface area (Å²) in [7, 11) is 0. The van der Waals surface area contributed by atoms with Crippen LogP contribution in [0.2, 0.25) is 0 Å². The van der Waals surface area contributed by atoms with E-state index < -0.39 is 0 Å². The van der Waals surface area contributed by atoms with E-state index in [1.165, 1.54) is 16.7 Å². The second kappa shape index (κ2) is 8.41. The fourth-order valence-electron chi connectivity index (χ4n) is 2.76. The monoisotopic (exact) mass is 370 g/mol. The number of benzene rings is 1. The number of aryl methyl sites for hydroxylation is 3. The van der Waals surface area contributed by atoms with Crippen molar-refractivity contribution in [1.82, 2.24) is 10.3 Å². The molecule has 0 spiro atoms. The summed E-state index contributed by atoms with van der Waals surface area (Å²) in [6, 6.07) is 10.6. The van der Waals surface area contributed by atoms with E-state index in [1.807, 2.05) is 16.8 Å². The number of amides is 1. The molecule has 130 valence electrons. The molecule has 0 aliphatic rings. The van der Waals surface area contributed by atoms with Crippen LogP contribution in [-0.2, 0) is 17.6 Å². The molecule has 1 aromatic carbocycles. The molecule has 25 heavy (non-hydrogen) atoms. The highest BCUT2D eigenvalue weighted by Gasteiger charge is 2.09. The van der Waals surface area contributed by atoms with Crippen LogP contribution >= 0.6 is 22.7 Å². The topological polar surface area (TPSA) is 42.0 Å². The van der Waals surface area contributed by atoms with E-state index in [0.717, 1.165) is 28.4 Å². The summed E-state index contributed by atoms with van der Waals surface area (Å²) in [5.74, 6) is 0.0451. The molecule has 0 unspecified atom stereocenters. The summed E-state index contributed by atoms with van der Waals surface area (Å²) in [6.45, 7) is 4.96. The van der Waals surface area contributed by atoms with E-state index in [-0.39, 0.29) is 5.91 Å². The lowest BCUT2D eigenvalue weighted by atomic mass is 10.0. The van der Waals surface area contributed by atoms with Crippen molar-refractivity contribution in [3.63, 3.8) is 0 Å². The SMILES string of the molecule is Cc1ccc(CCCNC(=O)Cc2csc(-c3cccs3)n2)c(C)c1. The lowest BCUT2D eigenvalue weighted by Gasteiger charge is -2.08. The Kier molecular flexibility index (Phi) is 6.00. The quantitative estimate of drug-likeness (QED) is 0.608. The second-order valence-corrected chi connectivity index (χ2v) is 7.99. The summed E-state index contributed by atoms with van der Waals surface area (Å²) in [6.07, 6.45) is 2.30. The van der Waals surface area contributed by atoms with Gasteiger partial charge in [0.1, 0.15) is 5.01 Å². The Bertz CT molecular complexity index is 837. The molecular formula is C20H22N2OS2. The molecule has 2 heterocycles. The molecule has 1 N–H and O–H groups in total. The van der Waals surface area contributed by atoms with E-state index in [2.05, 4.69) is 48.4 Å². The van der Waals surface area contributed by atoms with Gasteiger partial charge in [-0.1, -0.05) is 29.8 Å². The summed E-state index contributed by atoms with van der Waals surface area (Å²) in [5.41, 5.74) is 4.83. The van der Waals surface area contributed by atoms with Gasteiger partial charge in [0.25, 0.3) is 0 Å². The van der Waals surface area contributed by atoms with Gasteiger partial charge in [-0.3, -0.25) is 4.79 Å². The average Bonchev–Trinajstić information content (AvgIpc) is 3.24. The van der Waals surface area contributed by atoms with Gasteiger partial charge in [0.2, 0.25) is 5.91 Å². The fraction of sp³-hybridized carbons (Fsp3) is 0.300. The highest BCUT2D eigenvalue weighted by atomic mass is 32.1. The lowest BCUT2D eigenvalue weighted by Crippen LogP contribution is -2.26. The smallest absolute Gasteiger partial charge is 0.226 e. The highest BCUT2D eigenvalue weighted by Crippen LogP contribution is 2.27. The summed E-state index contributed by atoms with van der Waals surface area (Å²) < 4.78 is 0. The normalized spacial score (nSPS) is 10.8. The van der Waals surface area contributed by atoms with Crippen LogP contribution in [0.3, 0.4) is 0 Å². The summed E-state index contributed by atoms with van der Waals surface area (Å²) >= 11 is 3.27. The third-order valence-corrected chi connectivity index (χ3v) is 6.00. The van der Waals surface area contributed by atoms with Crippen LogP contribution in [0.1, 0.15) is 28.8 Å². The molecule has 0 aliphatic carbocycles. The molecule has 0 atom stereocenters. The van der Waals surface area contributed by atoms with Crippen molar-refractivity contribution in [2.24, 2.45) is 0 Å². The minimum absolute atomic E-state index is 0.0451. The van der Waals surface area contributed by atoms with E-state index in [9.17, 15) is 4.79 Å². The van der Waals surface area contributed by atoms with Gasteiger partial charge in [-0.25, -0.2) is 4.98 Å². The standard InChI is InChI=1S/C20H22N2OS2/c1-14-7-8-16(15(2)11-14)5-3-9-21-19(23)12-17-13-25-20(22-17)18-6-4-10-24-18/h4,6-8,10-11,13H,3,5,9,12H2,1-2H3,(H,21,23). The van der Waals surface area contributed by atoms with Crippen molar-refractivity contribution in [3.8, 4) is 9.88 Å². The van der Waals surface area contributed by atoms with Crippen LogP contribution in [-0.4, -0.2) is 17.4 Å². The van der Waals surface area contributed by atoms with Gasteiger partial charge in [-0.15, -0.1) is 22.7 Å². The molecule has 0 saturated heterocycles. The van der Waals surface area contributed by atoms with Gasteiger partial charge >= 0.3 is 0 Å². The maximum absolute atomic E-state index is 12.1. The number of hydrogen-bond acceptors (Lipinski definition) is 4. The van der Waals surface area contributed by atoms with Gasteiger partial charge in [-0.2, -0.15) is 0 Å². The van der Waals surface area contributed by atoms with E-state index in [0.29, 0.717) is 13.0 Å². The number of nitrogens with zero attached hydrogens (tertiary/aromatic N) is 1. The predicted molar refractivity (Wildman–Crippen MR) is 106 cm³/mol. The number of aromatic nitrogens is 1. The molecule has 0 bridgehead atoms. The summed E-state index contributed by atoms with van der Waals surface area (Å²) in [5, 5.41) is 8.01. The molecule has 0 radical (unpaired) electrons. The van der Waals surface area contributed by atoms with Crippen molar-refractivity contribution >= 4 is 28.6 Å². The number of carbonyl (C=O) groups is 1. The number of rotatable bonds is 7. The Hall–Kier alpha value is -1.98. The Labute approximate surface area is 156 Å². The Balaban J connectivity index is 1.42. The molecule has 1 amide bonds. The molecule has 2 aromatic heterocycles. The Morgan fingerprint density at radius 1 is 1.20 bits per heavy atom. The van der Waals surface area contributed by atoms with E-state index in [4.69, 9.17) is 0 Å².